The molecule has 0 spiro atoms. The Morgan fingerprint density at radius 3 is 2.76 bits per heavy atom. The number of rotatable bonds is 3. The molecule has 1 aromatic rings. The van der Waals surface area contributed by atoms with Gasteiger partial charge in [-0.15, -0.1) is 5.92 Å². The van der Waals surface area contributed by atoms with E-state index in [0.717, 1.165) is 0 Å². The van der Waals surface area contributed by atoms with Crippen LogP contribution in [-0.4, -0.2) is 20.9 Å². The van der Waals surface area contributed by atoms with Crippen molar-refractivity contribution in [3.63, 3.8) is 0 Å². The first kappa shape index (κ1) is 13.6. The molecule has 1 aromatic carbocycles. The van der Waals surface area contributed by atoms with Crippen LogP contribution in [0, 0.1) is 11.8 Å². The number of amides is 1. The Morgan fingerprint density at radius 2 is 2.18 bits per heavy atom. The van der Waals surface area contributed by atoms with Crippen LogP contribution in [0.1, 0.15) is 17.3 Å². The molecule has 0 aliphatic carbocycles. The van der Waals surface area contributed by atoms with Crippen LogP contribution in [0.15, 0.2) is 29.2 Å². The predicted octanol–water partition coefficient (Wildman–Crippen LogP) is 1.37. The van der Waals surface area contributed by atoms with Crippen LogP contribution in [-0.2, 0) is 9.05 Å². The highest BCUT2D eigenvalue weighted by Gasteiger charge is 2.12. The number of carbonyl (C=O) groups excluding carboxylic acids is 1. The van der Waals surface area contributed by atoms with Gasteiger partial charge in [0, 0.05) is 16.2 Å². The molecule has 1 N–H and O–H groups in total. The average Bonchev–Trinajstić information content (AvgIpc) is 2.28. The minimum Gasteiger partial charge on any atom is -0.341 e. The molecule has 1 rings (SSSR count). The zero-order chi connectivity index (χ0) is 12.9. The maximum Gasteiger partial charge on any atom is 0.261 e. The van der Waals surface area contributed by atoms with Crippen molar-refractivity contribution in [1.29, 1.82) is 0 Å². The normalized spacial score (nSPS) is 10.2. The first-order chi connectivity index (χ1) is 7.95. The molecule has 90 valence electrons. The van der Waals surface area contributed by atoms with E-state index < -0.39 is 15.0 Å². The third kappa shape index (κ3) is 4.10. The van der Waals surface area contributed by atoms with Crippen molar-refractivity contribution in [2.75, 3.05) is 6.54 Å². The maximum atomic E-state index is 11.6. The van der Waals surface area contributed by atoms with E-state index >= 15 is 0 Å². The summed E-state index contributed by atoms with van der Waals surface area (Å²) in [6.45, 7) is 1.88. The molecule has 4 nitrogen and oxygen atoms in total. The summed E-state index contributed by atoms with van der Waals surface area (Å²) in [5, 5.41) is 2.53. The average molecular weight is 272 g/mol. The lowest BCUT2D eigenvalue weighted by molar-refractivity contribution is 0.0958. The number of benzene rings is 1. The van der Waals surface area contributed by atoms with Gasteiger partial charge in [-0.05, 0) is 25.1 Å². The summed E-state index contributed by atoms with van der Waals surface area (Å²) in [4.78, 5) is 11.5. The lowest BCUT2D eigenvalue weighted by atomic mass is 10.2. The fourth-order valence-corrected chi connectivity index (χ4v) is 1.90. The lowest BCUT2D eigenvalue weighted by Gasteiger charge is -2.02. The SMILES string of the molecule is CC#CCNC(=O)c1cccc(S(=O)(=O)Cl)c1. The number of hydrogen-bond acceptors (Lipinski definition) is 3. The fraction of sp³-hybridized carbons (Fsp3) is 0.182. The van der Waals surface area contributed by atoms with Crippen molar-refractivity contribution < 1.29 is 13.2 Å². The predicted molar refractivity (Wildman–Crippen MR) is 65.3 cm³/mol. The molecule has 1 amide bonds. The van der Waals surface area contributed by atoms with Crippen molar-refractivity contribution in [3.8, 4) is 11.8 Å². The summed E-state index contributed by atoms with van der Waals surface area (Å²) in [5.74, 6) is 4.90. The summed E-state index contributed by atoms with van der Waals surface area (Å²) in [5.41, 5.74) is 0.227. The standard InChI is InChI=1S/C11H10ClNO3S/c1-2-3-7-13-11(14)9-5-4-6-10(8-9)17(12,15)16/h4-6,8H,7H2,1H3,(H,13,14). The molecule has 0 heterocycles. The van der Waals surface area contributed by atoms with Crippen LogP contribution >= 0.6 is 10.7 Å². The number of halogens is 1. The second kappa shape index (κ2) is 5.71. The van der Waals surface area contributed by atoms with Crippen LogP contribution < -0.4 is 5.32 Å². The summed E-state index contributed by atoms with van der Waals surface area (Å²) in [7, 11) is 1.36. The first-order valence-corrected chi connectivity index (χ1v) is 6.98. The van der Waals surface area contributed by atoms with Crippen molar-refractivity contribution in [3.05, 3.63) is 29.8 Å². The summed E-state index contributed by atoms with van der Waals surface area (Å²) in [6, 6.07) is 5.50. The molecule has 0 saturated heterocycles. The summed E-state index contributed by atoms with van der Waals surface area (Å²) >= 11 is 0. The molecule has 0 bridgehead atoms. The Bertz CT molecular complexity index is 584. The molecule has 0 radical (unpaired) electrons. The van der Waals surface area contributed by atoms with Gasteiger partial charge in [0.25, 0.3) is 15.0 Å². The van der Waals surface area contributed by atoms with E-state index in [1.807, 2.05) is 0 Å². The van der Waals surface area contributed by atoms with Gasteiger partial charge in [0.2, 0.25) is 0 Å². The molecule has 0 aliphatic heterocycles. The van der Waals surface area contributed by atoms with Crippen LogP contribution in [0.25, 0.3) is 0 Å². The second-order valence-corrected chi connectivity index (χ2v) is 5.64. The molecular formula is C11H10ClNO3S. The Labute approximate surface area is 104 Å². The quantitative estimate of drug-likeness (QED) is 0.667. The molecule has 0 aromatic heterocycles. The van der Waals surface area contributed by atoms with Gasteiger partial charge < -0.3 is 5.32 Å². The molecule has 0 aliphatic rings. The largest absolute Gasteiger partial charge is 0.341 e. The number of hydrogen-bond donors (Lipinski definition) is 1. The minimum absolute atomic E-state index is 0.103. The van der Waals surface area contributed by atoms with Crippen LogP contribution in [0.5, 0.6) is 0 Å². The van der Waals surface area contributed by atoms with Crippen LogP contribution in [0.2, 0.25) is 0 Å². The van der Waals surface area contributed by atoms with Gasteiger partial charge in [0.1, 0.15) is 0 Å². The zero-order valence-corrected chi connectivity index (χ0v) is 10.6. The number of carbonyl (C=O) groups is 1. The van der Waals surface area contributed by atoms with Crippen molar-refractivity contribution >= 4 is 25.6 Å². The smallest absolute Gasteiger partial charge is 0.261 e. The van der Waals surface area contributed by atoms with E-state index in [2.05, 4.69) is 17.2 Å². The van der Waals surface area contributed by atoms with E-state index in [9.17, 15) is 13.2 Å². The van der Waals surface area contributed by atoms with Crippen LogP contribution in [0.3, 0.4) is 0 Å². The monoisotopic (exact) mass is 271 g/mol. The van der Waals surface area contributed by atoms with Gasteiger partial charge in [-0.2, -0.15) is 0 Å². The van der Waals surface area contributed by atoms with Gasteiger partial charge in [-0.25, -0.2) is 8.42 Å². The Balaban J connectivity index is 2.91. The van der Waals surface area contributed by atoms with E-state index in [4.69, 9.17) is 10.7 Å². The number of nitrogens with one attached hydrogen (secondary N) is 1. The molecule has 0 unspecified atom stereocenters. The zero-order valence-electron chi connectivity index (χ0n) is 9.03. The van der Waals surface area contributed by atoms with Gasteiger partial charge in [0.15, 0.2) is 0 Å². The highest BCUT2D eigenvalue weighted by Crippen LogP contribution is 2.15. The summed E-state index contributed by atoms with van der Waals surface area (Å²) in [6.07, 6.45) is 0. The highest BCUT2D eigenvalue weighted by molar-refractivity contribution is 8.13. The molecule has 17 heavy (non-hydrogen) atoms. The van der Waals surface area contributed by atoms with E-state index in [1.165, 1.54) is 24.3 Å². The Kier molecular flexibility index (Phi) is 4.55. The minimum atomic E-state index is -3.82. The lowest BCUT2D eigenvalue weighted by Crippen LogP contribution is -2.23. The molecule has 0 atom stereocenters. The maximum absolute atomic E-state index is 11.6. The van der Waals surface area contributed by atoms with Gasteiger partial charge in [0.05, 0.1) is 11.4 Å². The summed E-state index contributed by atoms with van der Waals surface area (Å²) < 4.78 is 22.2. The molecule has 0 saturated carbocycles. The second-order valence-electron chi connectivity index (χ2n) is 3.08. The third-order valence-corrected chi connectivity index (χ3v) is 3.24. The van der Waals surface area contributed by atoms with Crippen LogP contribution in [0.4, 0.5) is 0 Å². The van der Waals surface area contributed by atoms with Gasteiger partial charge in [-0.1, -0.05) is 12.0 Å². The van der Waals surface area contributed by atoms with Gasteiger partial charge in [-0.3, -0.25) is 4.79 Å². The highest BCUT2D eigenvalue weighted by atomic mass is 35.7. The molecule has 6 heteroatoms. The van der Waals surface area contributed by atoms with Crippen molar-refractivity contribution in [1.82, 2.24) is 5.32 Å². The fourth-order valence-electron chi connectivity index (χ4n) is 1.10. The first-order valence-electron chi connectivity index (χ1n) is 4.67. The third-order valence-electron chi connectivity index (χ3n) is 1.89. The Hall–Kier alpha value is -1.51. The van der Waals surface area contributed by atoms with Crippen molar-refractivity contribution in [2.24, 2.45) is 0 Å². The van der Waals surface area contributed by atoms with E-state index in [0.29, 0.717) is 0 Å². The van der Waals surface area contributed by atoms with E-state index in [-0.39, 0.29) is 17.0 Å². The molecular weight excluding hydrogens is 262 g/mol. The molecule has 0 fully saturated rings. The van der Waals surface area contributed by atoms with E-state index in [1.54, 1.807) is 6.92 Å². The Morgan fingerprint density at radius 1 is 1.47 bits per heavy atom. The topological polar surface area (TPSA) is 63.2 Å². The van der Waals surface area contributed by atoms with Crippen molar-refractivity contribution in [2.45, 2.75) is 11.8 Å². The van der Waals surface area contributed by atoms with Gasteiger partial charge >= 0.3 is 0 Å².